The van der Waals surface area contributed by atoms with Crippen molar-refractivity contribution >= 4 is 11.6 Å². The third-order valence-corrected chi connectivity index (χ3v) is 6.42. The molecule has 2 atom stereocenters. The number of carbonyl (C=O) groups is 1. The topological polar surface area (TPSA) is 68.8 Å². The molecule has 0 spiro atoms. The number of rotatable bonds is 9. The van der Waals surface area contributed by atoms with Crippen molar-refractivity contribution in [1.29, 1.82) is 0 Å². The molecule has 0 unspecified atom stereocenters. The first kappa shape index (κ1) is 22.3. The SMILES string of the molecule is CCOc1cccc(NC[C@@H]2C[C@@H](c3ccc(OC)c(OC4CCCC4)c3)CNC2=O)c1. The molecule has 2 fully saturated rings. The van der Waals surface area contributed by atoms with E-state index in [0.29, 0.717) is 19.7 Å². The molecule has 2 aromatic carbocycles. The number of piperidine rings is 1. The van der Waals surface area contributed by atoms with E-state index in [2.05, 4.69) is 22.8 Å². The number of benzene rings is 2. The van der Waals surface area contributed by atoms with Gasteiger partial charge in [-0.15, -0.1) is 0 Å². The predicted octanol–water partition coefficient (Wildman–Crippen LogP) is 4.75. The minimum absolute atomic E-state index is 0.102. The van der Waals surface area contributed by atoms with Crippen molar-refractivity contribution in [3.8, 4) is 17.2 Å². The van der Waals surface area contributed by atoms with Crippen LogP contribution in [0.15, 0.2) is 42.5 Å². The average Bonchev–Trinajstić information content (AvgIpc) is 3.32. The maximum Gasteiger partial charge on any atom is 0.224 e. The van der Waals surface area contributed by atoms with Gasteiger partial charge in [-0.25, -0.2) is 0 Å². The van der Waals surface area contributed by atoms with Crippen LogP contribution in [-0.4, -0.2) is 38.8 Å². The van der Waals surface area contributed by atoms with Crippen LogP contribution in [0.25, 0.3) is 0 Å². The molecule has 1 saturated heterocycles. The van der Waals surface area contributed by atoms with Gasteiger partial charge in [0.25, 0.3) is 0 Å². The fourth-order valence-corrected chi connectivity index (χ4v) is 4.66. The van der Waals surface area contributed by atoms with Gasteiger partial charge in [0.05, 0.1) is 25.7 Å². The fourth-order valence-electron chi connectivity index (χ4n) is 4.66. The predicted molar refractivity (Wildman–Crippen MR) is 126 cm³/mol. The Morgan fingerprint density at radius 1 is 1.09 bits per heavy atom. The maximum absolute atomic E-state index is 12.5. The first-order chi connectivity index (χ1) is 15.7. The highest BCUT2D eigenvalue weighted by Crippen LogP contribution is 2.36. The molecule has 32 heavy (non-hydrogen) atoms. The Labute approximate surface area is 190 Å². The average molecular weight is 439 g/mol. The van der Waals surface area contributed by atoms with E-state index in [0.717, 1.165) is 42.2 Å². The Balaban J connectivity index is 1.42. The Bertz CT molecular complexity index is 910. The van der Waals surface area contributed by atoms with Crippen molar-refractivity contribution in [3.63, 3.8) is 0 Å². The largest absolute Gasteiger partial charge is 0.494 e. The van der Waals surface area contributed by atoms with E-state index in [4.69, 9.17) is 14.2 Å². The van der Waals surface area contributed by atoms with Crippen LogP contribution in [-0.2, 0) is 4.79 Å². The van der Waals surface area contributed by atoms with Crippen LogP contribution in [0.5, 0.6) is 17.2 Å². The summed E-state index contributed by atoms with van der Waals surface area (Å²) >= 11 is 0. The van der Waals surface area contributed by atoms with Gasteiger partial charge >= 0.3 is 0 Å². The Morgan fingerprint density at radius 2 is 1.94 bits per heavy atom. The molecule has 0 bridgehead atoms. The Morgan fingerprint density at radius 3 is 2.72 bits per heavy atom. The van der Waals surface area contributed by atoms with Gasteiger partial charge in [0, 0.05) is 30.8 Å². The molecule has 0 aromatic heterocycles. The second kappa shape index (κ2) is 10.6. The van der Waals surface area contributed by atoms with Crippen LogP contribution < -0.4 is 24.8 Å². The highest BCUT2D eigenvalue weighted by Gasteiger charge is 2.30. The number of nitrogens with one attached hydrogen (secondary N) is 2. The van der Waals surface area contributed by atoms with Crippen molar-refractivity contribution in [2.45, 2.75) is 51.0 Å². The molecule has 1 amide bonds. The number of methoxy groups -OCH3 is 1. The lowest BCUT2D eigenvalue weighted by Gasteiger charge is -2.30. The molecule has 6 nitrogen and oxygen atoms in total. The summed E-state index contributed by atoms with van der Waals surface area (Å²) in [6.07, 6.45) is 5.72. The van der Waals surface area contributed by atoms with Crippen LogP contribution >= 0.6 is 0 Å². The lowest BCUT2D eigenvalue weighted by atomic mass is 9.85. The van der Waals surface area contributed by atoms with Crippen molar-refractivity contribution in [1.82, 2.24) is 5.32 Å². The molecule has 172 valence electrons. The van der Waals surface area contributed by atoms with Crippen LogP contribution in [0.1, 0.15) is 50.5 Å². The molecule has 1 aliphatic carbocycles. The molecule has 6 heteroatoms. The maximum atomic E-state index is 12.5. The standard InChI is InChI=1S/C26H34N2O4/c1-3-31-23-10-6-7-21(15-23)27-17-20-13-19(16-28-26(20)29)18-11-12-24(30-2)25(14-18)32-22-8-4-5-9-22/h6-7,10-12,14-15,19-20,22,27H,3-5,8-9,13,16-17H2,1-2H3,(H,28,29)/t19-,20+/m1/s1. The van der Waals surface area contributed by atoms with Gasteiger partial charge < -0.3 is 24.8 Å². The molecule has 4 rings (SSSR count). The smallest absolute Gasteiger partial charge is 0.224 e. The molecule has 2 aliphatic rings. The van der Waals surface area contributed by atoms with E-state index in [1.54, 1.807) is 7.11 Å². The van der Waals surface area contributed by atoms with Gasteiger partial charge in [0.2, 0.25) is 5.91 Å². The quantitative estimate of drug-likeness (QED) is 0.591. The lowest BCUT2D eigenvalue weighted by Crippen LogP contribution is -2.43. The van der Waals surface area contributed by atoms with Crippen molar-refractivity contribution < 1.29 is 19.0 Å². The fraction of sp³-hybridized carbons (Fsp3) is 0.500. The summed E-state index contributed by atoms with van der Waals surface area (Å²) in [4.78, 5) is 12.5. The van der Waals surface area contributed by atoms with Gasteiger partial charge in [0.15, 0.2) is 11.5 Å². The molecule has 1 aliphatic heterocycles. The first-order valence-electron chi connectivity index (χ1n) is 11.7. The van der Waals surface area contributed by atoms with Gasteiger partial charge in [-0.1, -0.05) is 12.1 Å². The van der Waals surface area contributed by atoms with E-state index < -0.39 is 0 Å². The minimum atomic E-state index is -0.106. The van der Waals surface area contributed by atoms with E-state index in [1.807, 2.05) is 37.3 Å². The van der Waals surface area contributed by atoms with E-state index in [9.17, 15) is 4.79 Å². The van der Waals surface area contributed by atoms with Gasteiger partial charge in [-0.2, -0.15) is 0 Å². The van der Waals surface area contributed by atoms with Gasteiger partial charge in [-0.3, -0.25) is 4.79 Å². The summed E-state index contributed by atoms with van der Waals surface area (Å²) < 4.78 is 17.4. The van der Waals surface area contributed by atoms with Crippen LogP contribution in [0, 0.1) is 5.92 Å². The summed E-state index contributed by atoms with van der Waals surface area (Å²) in [5, 5.41) is 6.50. The summed E-state index contributed by atoms with van der Waals surface area (Å²) in [5.41, 5.74) is 2.14. The second-order valence-electron chi connectivity index (χ2n) is 8.65. The molecular formula is C26H34N2O4. The number of anilines is 1. The zero-order chi connectivity index (χ0) is 22.3. The van der Waals surface area contributed by atoms with Crippen molar-refractivity contribution in [2.75, 3.05) is 32.1 Å². The normalized spacial score (nSPS) is 21.1. The van der Waals surface area contributed by atoms with Gasteiger partial charge in [0.1, 0.15) is 5.75 Å². The number of carbonyl (C=O) groups excluding carboxylic acids is 1. The zero-order valence-electron chi connectivity index (χ0n) is 19.1. The van der Waals surface area contributed by atoms with E-state index in [-0.39, 0.29) is 23.8 Å². The number of ether oxygens (including phenoxy) is 3. The molecule has 1 heterocycles. The van der Waals surface area contributed by atoms with Gasteiger partial charge in [-0.05, 0) is 68.9 Å². The molecular weight excluding hydrogens is 404 g/mol. The number of amides is 1. The van der Waals surface area contributed by atoms with Crippen LogP contribution in [0.4, 0.5) is 5.69 Å². The van der Waals surface area contributed by atoms with Crippen LogP contribution in [0.2, 0.25) is 0 Å². The number of hydrogen-bond donors (Lipinski definition) is 2. The number of hydrogen-bond acceptors (Lipinski definition) is 5. The molecule has 1 saturated carbocycles. The van der Waals surface area contributed by atoms with E-state index >= 15 is 0 Å². The molecule has 0 radical (unpaired) electrons. The zero-order valence-corrected chi connectivity index (χ0v) is 19.1. The third kappa shape index (κ3) is 5.47. The summed E-state index contributed by atoms with van der Waals surface area (Å²) in [7, 11) is 1.68. The summed E-state index contributed by atoms with van der Waals surface area (Å²) in [6, 6.07) is 14.1. The Kier molecular flexibility index (Phi) is 7.40. The highest BCUT2D eigenvalue weighted by molar-refractivity contribution is 5.80. The first-order valence-corrected chi connectivity index (χ1v) is 11.7. The summed E-state index contributed by atoms with van der Waals surface area (Å²) in [6.45, 7) is 3.82. The van der Waals surface area contributed by atoms with Crippen LogP contribution in [0.3, 0.4) is 0 Å². The third-order valence-electron chi connectivity index (χ3n) is 6.42. The molecule has 2 N–H and O–H groups in total. The minimum Gasteiger partial charge on any atom is -0.494 e. The van der Waals surface area contributed by atoms with Crippen molar-refractivity contribution in [3.05, 3.63) is 48.0 Å². The lowest BCUT2D eigenvalue weighted by molar-refractivity contribution is -0.126. The van der Waals surface area contributed by atoms with E-state index in [1.165, 1.54) is 18.4 Å². The second-order valence-corrected chi connectivity index (χ2v) is 8.65. The highest BCUT2D eigenvalue weighted by atomic mass is 16.5. The van der Waals surface area contributed by atoms with Crippen molar-refractivity contribution in [2.24, 2.45) is 5.92 Å². The monoisotopic (exact) mass is 438 g/mol. The molecule has 2 aromatic rings. The summed E-state index contributed by atoms with van der Waals surface area (Å²) in [5.74, 6) is 2.66. The Hall–Kier alpha value is -2.89.